The summed E-state index contributed by atoms with van der Waals surface area (Å²) in [4.78, 5) is 11.1. The number of carboxylic acids is 1. The monoisotopic (exact) mass is 228 g/mol. The number of benzene rings is 2. The lowest BCUT2D eigenvalue weighted by Crippen LogP contribution is -2.01. The van der Waals surface area contributed by atoms with Crippen LogP contribution in [-0.2, 0) is 0 Å². The van der Waals surface area contributed by atoms with Crippen molar-refractivity contribution in [1.29, 1.82) is 0 Å². The SMILES string of the molecule is Nc1cccc(-c2cc(N)ccc2C(=O)O)c1. The third-order valence-electron chi connectivity index (χ3n) is 2.47. The Labute approximate surface area is 98.5 Å². The van der Waals surface area contributed by atoms with Gasteiger partial charge in [-0.2, -0.15) is 0 Å². The smallest absolute Gasteiger partial charge is 0.336 e. The van der Waals surface area contributed by atoms with Crippen molar-refractivity contribution in [2.75, 3.05) is 11.5 Å². The molecule has 2 aromatic rings. The zero-order valence-corrected chi connectivity index (χ0v) is 9.05. The zero-order chi connectivity index (χ0) is 12.4. The van der Waals surface area contributed by atoms with Gasteiger partial charge in [-0.25, -0.2) is 4.79 Å². The Morgan fingerprint density at radius 1 is 1.00 bits per heavy atom. The van der Waals surface area contributed by atoms with Crippen molar-refractivity contribution in [3.8, 4) is 11.1 Å². The van der Waals surface area contributed by atoms with E-state index >= 15 is 0 Å². The highest BCUT2D eigenvalue weighted by atomic mass is 16.4. The van der Waals surface area contributed by atoms with Crippen molar-refractivity contribution in [3.63, 3.8) is 0 Å². The van der Waals surface area contributed by atoms with Crippen molar-refractivity contribution < 1.29 is 9.90 Å². The van der Waals surface area contributed by atoms with Crippen molar-refractivity contribution in [3.05, 3.63) is 48.0 Å². The second-order valence-electron chi connectivity index (χ2n) is 3.74. The number of nitrogen functional groups attached to an aromatic ring is 2. The van der Waals surface area contributed by atoms with E-state index in [1.54, 1.807) is 36.4 Å². The zero-order valence-electron chi connectivity index (χ0n) is 9.05. The van der Waals surface area contributed by atoms with Crippen LogP contribution >= 0.6 is 0 Å². The fraction of sp³-hybridized carbons (Fsp3) is 0. The summed E-state index contributed by atoms with van der Waals surface area (Å²) in [5.74, 6) is -0.984. The Morgan fingerprint density at radius 2 is 1.71 bits per heavy atom. The van der Waals surface area contributed by atoms with Gasteiger partial charge in [-0.15, -0.1) is 0 Å². The predicted molar refractivity (Wildman–Crippen MR) is 67.7 cm³/mol. The molecule has 0 radical (unpaired) electrons. The number of hydrogen-bond acceptors (Lipinski definition) is 3. The number of carbonyl (C=O) groups is 1. The van der Waals surface area contributed by atoms with Gasteiger partial charge < -0.3 is 16.6 Å². The van der Waals surface area contributed by atoms with Gasteiger partial charge in [0.15, 0.2) is 0 Å². The third-order valence-corrected chi connectivity index (χ3v) is 2.47. The molecule has 0 atom stereocenters. The van der Waals surface area contributed by atoms with Crippen molar-refractivity contribution in [1.82, 2.24) is 0 Å². The van der Waals surface area contributed by atoms with Gasteiger partial charge in [-0.05, 0) is 41.5 Å². The van der Waals surface area contributed by atoms with Gasteiger partial charge in [-0.1, -0.05) is 12.1 Å². The molecule has 0 aliphatic carbocycles. The third kappa shape index (κ3) is 2.20. The Kier molecular flexibility index (Phi) is 2.70. The van der Waals surface area contributed by atoms with Crippen LogP contribution in [0.5, 0.6) is 0 Å². The van der Waals surface area contributed by atoms with Crippen LogP contribution in [-0.4, -0.2) is 11.1 Å². The predicted octanol–water partition coefficient (Wildman–Crippen LogP) is 2.22. The number of carboxylic acid groups (broad SMARTS) is 1. The van der Waals surface area contributed by atoms with E-state index in [1.807, 2.05) is 0 Å². The molecule has 2 rings (SSSR count). The summed E-state index contributed by atoms with van der Waals surface area (Å²) < 4.78 is 0. The van der Waals surface area contributed by atoms with Gasteiger partial charge >= 0.3 is 5.97 Å². The number of rotatable bonds is 2. The van der Waals surface area contributed by atoms with Crippen LogP contribution in [0.25, 0.3) is 11.1 Å². The van der Waals surface area contributed by atoms with Gasteiger partial charge in [0.2, 0.25) is 0 Å². The lowest BCUT2D eigenvalue weighted by Gasteiger charge is -2.08. The molecule has 4 nitrogen and oxygen atoms in total. The Hall–Kier alpha value is -2.49. The van der Waals surface area contributed by atoms with Crippen LogP contribution < -0.4 is 11.5 Å². The lowest BCUT2D eigenvalue weighted by molar-refractivity contribution is 0.0698. The standard InChI is InChI=1S/C13H12N2O2/c14-9-3-1-2-8(6-9)12-7-10(15)4-5-11(12)13(16)17/h1-7H,14-15H2,(H,16,17). The van der Waals surface area contributed by atoms with Gasteiger partial charge in [0, 0.05) is 11.4 Å². The molecular formula is C13H12N2O2. The first-order chi connectivity index (χ1) is 8.08. The van der Waals surface area contributed by atoms with E-state index in [1.165, 1.54) is 6.07 Å². The Morgan fingerprint density at radius 3 is 2.35 bits per heavy atom. The van der Waals surface area contributed by atoms with E-state index in [-0.39, 0.29) is 5.56 Å². The molecule has 0 saturated carbocycles. The fourth-order valence-corrected chi connectivity index (χ4v) is 1.69. The minimum Gasteiger partial charge on any atom is -0.478 e. The van der Waals surface area contributed by atoms with E-state index in [9.17, 15) is 4.79 Å². The topological polar surface area (TPSA) is 89.3 Å². The van der Waals surface area contributed by atoms with Crippen molar-refractivity contribution >= 4 is 17.3 Å². The fourth-order valence-electron chi connectivity index (χ4n) is 1.69. The minimum atomic E-state index is -0.984. The van der Waals surface area contributed by atoms with Crippen LogP contribution in [0.2, 0.25) is 0 Å². The highest BCUT2D eigenvalue weighted by Gasteiger charge is 2.11. The van der Waals surface area contributed by atoms with Crippen molar-refractivity contribution in [2.24, 2.45) is 0 Å². The van der Waals surface area contributed by atoms with E-state index in [0.717, 1.165) is 5.56 Å². The summed E-state index contributed by atoms with van der Waals surface area (Å²) in [6, 6.07) is 11.8. The molecule has 0 heterocycles. The van der Waals surface area contributed by atoms with Gasteiger partial charge in [0.05, 0.1) is 5.56 Å². The normalized spacial score (nSPS) is 10.1. The minimum absolute atomic E-state index is 0.213. The number of hydrogen-bond donors (Lipinski definition) is 3. The lowest BCUT2D eigenvalue weighted by atomic mass is 9.98. The first kappa shape index (κ1) is 11.0. The second kappa shape index (κ2) is 4.17. The molecule has 0 amide bonds. The summed E-state index contributed by atoms with van der Waals surface area (Å²) >= 11 is 0. The molecule has 0 spiro atoms. The Balaban J connectivity index is 2.65. The molecule has 0 unspecified atom stereocenters. The average molecular weight is 228 g/mol. The maximum Gasteiger partial charge on any atom is 0.336 e. The molecule has 0 aliphatic rings. The molecular weight excluding hydrogens is 216 g/mol. The summed E-state index contributed by atoms with van der Waals surface area (Å²) in [5, 5.41) is 9.12. The molecule has 17 heavy (non-hydrogen) atoms. The van der Waals surface area contributed by atoms with Crippen LogP contribution in [0.3, 0.4) is 0 Å². The van der Waals surface area contributed by atoms with Gasteiger partial charge in [0.1, 0.15) is 0 Å². The summed E-state index contributed by atoms with van der Waals surface area (Å²) in [7, 11) is 0. The van der Waals surface area contributed by atoms with E-state index in [2.05, 4.69) is 0 Å². The summed E-state index contributed by atoms with van der Waals surface area (Å²) in [6.45, 7) is 0. The number of anilines is 2. The highest BCUT2D eigenvalue weighted by molar-refractivity contribution is 5.97. The van der Waals surface area contributed by atoms with E-state index < -0.39 is 5.97 Å². The van der Waals surface area contributed by atoms with E-state index in [4.69, 9.17) is 16.6 Å². The maximum atomic E-state index is 11.1. The largest absolute Gasteiger partial charge is 0.478 e. The highest BCUT2D eigenvalue weighted by Crippen LogP contribution is 2.27. The van der Waals surface area contributed by atoms with Gasteiger partial charge in [0.25, 0.3) is 0 Å². The summed E-state index contributed by atoms with van der Waals surface area (Å²) in [5.41, 5.74) is 14.0. The molecule has 0 bridgehead atoms. The van der Waals surface area contributed by atoms with Crippen LogP contribution in [0.15, 0.2) is 42.5 Å². The molecule has 4 heteroatoms. The van der Waals surface area contributed by atoms with E-state index in [0.29, 0.717) is 16.9 Å². The number of aromatic carboxylic acids is 1. The van der Waals surface area contributed by atoms with Gasteiger partial charge in [-0.3, -0.25) is 0 Å². The first-order valence-corrected chi connectivity index (χ1v) is 5.06. The molecule has 0 saturated heterocycles. The van der Waals surface area contributed by atoms with Crippen LogP contribution in [0.4, 0.5) is 11.4 Å². The first-order valence-electron chi connectivity index (χ1n) is 5.06. The molecule has 0 aromatic heterocycles. The quantitative estimate of drug-likeness (QED) is 0.687. The van der Waals surface area contributed by atoms with Crippen LogP contribution in [0, 0.1) is 0 Å². The summed E-state index contributed by atoms with van der Waals surface area (Å²) in [6.07, 6.45) is 0. The molecule has 86 valence electrons. The molecule has 5 N–H and O–H groups in total. The maximum absolute atomic E-state index is 11.1. The van der Waals surface area contributed by atoms with Crippen molar-refractivity contribution in [2.45, 2.75) is 0 Å². The molecule has 0 aliphatic heterocycles. The van der Waals surface area contributed by atoms with Crippen LogP contribution in [0.1, 0.15) is 10.4 Å². The second-order valence-corrected chi connectivity index (χ2v) is 3.74. The average Bonchev–Trinajstić information content (AvgIpc) is 2.28. The molecule has 2 aromatic carbocycles. The number of nitrogens with two attached hydrogens (primary N) is 2. The Bertz CT molecular complexity index is 579. The molecule has 0 fully saturated rings.